The minimum atomic E-state index is 0.816. The Morgan fingerprint density at radius 3 is 2.60 bits per heavy atom. The second-order valence-corrected chi connectivity index (χ2v) is 9.21. The Morgan fingerprint density at radius 2 is 1.83 bits per heavy atom. The number of hydrogen-bond donors (Lipinski definition) is 0. The zero-order valence-corrected chi connectivity index (χ0v) is 18.3. The highest BCUT2D eigenvalue weighted by Crippen LogP contribution is 2.39. The molecule has 0 N–H and O–H groups in total. The van der Waals surface area contributed by atoms with Crippen molar-refractivity contribution in [1.29, 1.82) is 0 Å². The maximum atomic E-state index is 5.25. The molecular weight excluding hydrogens is 362 g/mol. The number of benzene rings is 2. The van der Waals surface area contributed by atoms with Crippen molar-refractivity contribution in [2.45, 2.75) is 58.8 Å². The second kappa shape index (κ2) is 7.87. The third kappa shape index (κ3) is 3.31. The third-order valence-electron chi connectivity index (χ3n) is 7.28. The van der Waals surface area contributed by atoms with Crippen molar-refractivity contribution >= 4 is 28.1 Å². The van der Waals surface area contributed by atoms with Gasteiger partial charge in [0, 0.05) is 11.8 Å². The largest absolute Gasteiger partial charge is 0.248 e. The van der Waals surface area contributed by atoms with Gasteiger partial charge >= 0.3 is 0 Å². The molecule has 1 heteroatoms. The summed E-state index contributed by atoms with van der Waals surface area (Å²) in [5.74, 6) is 0.816. The average Bonchev–Trinajstić information content (AvgIpc) is 3.12. The fourth-order valence-electron chi connectivity index (χ4n) is 5.57. The van der Waals surface area contributed by atoms with E-state index in [4.69, 9.17) is 4.98 Å². The third-order valence-corrected chi connectivity index (χ3v) is 7.28. The summed E-state index contributed by atoms with van der Waals surface area (Å²) in [4.78, 5) is 5.25. The van der Waals surface area contributed by atoms with Crippen LogP contribution in [-0.2, 0) is 12.8 Å². The quantitative estimate of drug-likeness (QED) is 0.441. The summed E-state index contributed by atoms with van der Waals surface area (Å²) in [6.07, 6.45) is 11.1. The molecule has 0 atom stereocenters. The molecule has 152 valence electrons. The molecule has 1 aromatic heterocycles. The monoisotopic (exact) mass is 393 g/mol. The first-order valence-electron chi connectivity index (χ1n) is 11.5. The molecule has 0 amide bonds. The summed E-state index contributed by atoms with van der Waals surface area (Å²) in [5, 5.41) is 1.33. The van der Waals surface area contributed by atoms with Crippen molar-refractivity contribution in [2.24, 2.45) is 5.92 Å². The SMILES string of the molecule is C=Cc1cc(C2=C(C)c3ccccc3C2)nc2c(C)ccc(CC3CCCCC3)c12. The van der Waals surface area contributed by atoms with Gasteiger partial charge in [-0.25, -0.2) is 4.98 Å². The van der Waals surface area contributed by atoms with E-state index in [1.54, 1.807) is 0 Å². The first-order chi connectivity index (χ1) is 14.7. The van der Waals surface area contributed by atoms with E-state index in [0.29, 0.717) is 0 Å². The molecule has 0 spiro atoms. The molecule has 2 aromatic carbocycles. The van der Waals surface area contributed by atoms with Crippen molar-refractivity contribution in [3.63, 3.8) is 0 Å². The van der Waals surface area contributed by atoms with Crippen LogP contribution in [0.5, 0.6) is 0 Å². The Morgan fingerprint density at radius 1 is 1.03 bits per heavy atom. The van der Waals surface area contributed by atoms with Gasteiger partial charge in [0.25, 0.3) is 0 Å². The van der Waals surface area contributed by atoms with Crippen LogP contribution in [0.1, 0.15) is 72.5 Å². The smallest absolute Gasteiger partial charge is 0.0747 e. The van der Waals surface area contributed by atoms with Gasteiger partial charge < -0.3 is 0 Å². The van der Waals surface area contributed by atoms with Gasteiger partial charge in [0.05, 0.1) is 11.2 Å². The molecule has 3 aromatic rings. The van der Waals surface area contributed by atoms with Gasteiger partial charge in [-0.3, -0.25) is 0 Å². The Hall–Kier alpha value is -2.67. The van der Waals surface area contributed by atoms with Crippen LogP contribution in [-0.4, -0.2) is 4.98 Å². The summed E-state index contributed by atoms with van der Waals surface area (Å²) in [6.45, 7) is 8.62. The minimum absolute atomic E-state index is 0.816. The van der Waals surface area contributed by atoms with Crippen LogP contribution < -0.4 is 0 Å². The number of pyridine rings is 1. The van der Waals surface area contributed by atoms with Crippen LogP contribution in [0.2, 0.25) is 0 Å². The number of fused-ring (bicyclic) bond motifs is 2. The highest BCUT2D eigenvalue weighted by Gasteiger charge is 2.22. The first-order valence-corrected chi connectivity index (χ1v) is 11.5. The second-order valence-electron chi connectivity index (χ2n) is 9.21. The molecule has 2 aliphatic rings. The van der Waals surface area contributed by atoms with Crippen LogP contribution in [0.25, 0.3) is 28.1 Å². The van der Waals surface area contributed by atoms with E-state index in [9.17, 15) is 0 Å². The van der Waals surface area contributed by atoms with Crippen molar-refractivity contribution in [2.75, 3.05) is 0 Å². The molecule has 1 fully saturated rings. The summed E-state index contributed by atoms with van der Waals surface area (Å²) < 4.78 is 0. The van der Waals surface area contributed by atoms with Gasteiger partial charge in [-0.05, 0) is 71.2 Å². The summed E-state index contributed by atoms with van der Waals surface area (Å²) in [6, 6.07) is 15.7. The average molecular weight is 394 g/mol. The lowest BCUT2D eigenvalue weighted by atomic mass is 9.83. The van der Waals surface area contributed by atoms with E-state index in [2.05, 4.69) is 62.9 Å². The summed E-state index contributed by atoms with van der Waals surface area (Å²) in [7, 11) is 0. The number of hydrogen-bond acceptors (Lipinski definition) is 1. The molecule has 2 aliphatic carbocycles. The standard InChI is InChI=1S/C29H31N/c1-4-22-18-27(26-17-23-12-8-9-13-25(23)20(26)3)30-29-19(2)14-15-24(28(22)29)16-21-10-6-5-7-11-21/h4,8-9,12-15,18,21H,1,5-7,10-11,16-17H2,2-3H3. The lowest BCUT2D eigenvalue weighted by molar-refractivity contribution is 0.357. The van der Waals surface area contributed by atoms with Crippen molar-refractivity contribution < 1.29 is 0 Å². The molecule has 1 saturated carbocycles. The van der Waals surface area contributed by atoms with E-state index in [1.807, 2.05) is 6.08 Å². The molecule has 30 heavy (non-hydrogen) atoms. The van der Waals surface area contributed by atoms with Crippen LogP contribution >= 0.6 is 0 Å². The molecule has 0 saturated heterocycles. The van der Waals surface area contributed by atoms with E-state index in [0.717, 1.165) is 23.5 Å². The number of allylic oxidation sites excluding steroid dienone is 2. The van der Waals surface area contributed by atoms with Gasteiger partial charge in [-0.2, -0.15) is 0 Å². The molecule has 5 rings (SSSR count). The van der Waals surface area contributed by atoms with Gasteiger partial charge in [-0.1, -0.05) is 81.2 Å². The maximum Gasteiger partial charge on any atom is 0.0747 e. The predicted octanol–water partition coefficient (Wildman–Crippen LogP) is 7.80. The van der Waals surface area contributed by atoms with Crippen LogP contribution in [0, 0.1) is 12.8 Å². The fourth-order valence-corrected chi connectivity index (χ4v) is 5.57. The molecule has 1 nitrogen and oxygen atoms in total. The normalized spacial score (nSPS) is 16.9. The van der Waals surface area contributed by atoms with E-state index < -0.39 is 0 Å². The molecule has 0 unspecified atom stereocenters. The predicted molar refractivity (Wildman–Crippen MR) is 129 cm³/mol. The Bertz CT molecular complexity index is 1160. The molecule has 0 aliphatic heterocycles. The Kier molecular flexibility index (Phi) is 5.06. The van der Waals surface area contributed by atoms with Gasteiger partial charge in [-0.15, -0.1) is 0 Å². The number of nitrogens with zero attached hydrogens (tertiary/aromatic N) is 1. The van der Waals surface area contributed by atoms with Crippen molar-refractivity contribution in [3.05, 3.63) is 82.6 Å². The zero-order valence-electron chi connectivity index (χ0n) is 18.3. The summed E-state index contributed by atoms with van der Waals surface area (Å²) in [5.41, 5.74) is 11.7. The lowest BCUT2D eigenvalue weighted by Gasteiger charge is -2.23. The minimum Gasteiger partial charge on any atom is -0.248 e. The van der Waals surface area contributed by atoms with Crippen molar-refractivity contribution in [1.82, 2.24) is 4.98 Å². The Balaban J connectivity index is 1.62. The van der Waals surface area contributed by atoms with Crippen molar-refractivity contribution in [3.8, 4) is 0 Å². The van der Waals surface area contributed by atoms with Crippen LogP contribution in [0.3, 0.4) is 0 Å². The zero-order chi connectivity index (χ0) is 20.7. The molecule has 1 heterocycles. The maximum absolute atomic E-state index is 5.25. The fraction of sp³-hybridized carbons (Fsp3) is 0.345. The number of aryl methyl sites for hydroxylation is 1. The summed E-state index contributed by atoms with van der Waals surface area (Å²) >= 11 is 0. The van der Waals surface area contributed by atoms with E-state index in [1.165, 1.54) is 82.9 Å². The van der Waals surface area contributed by atoms with Crippen LogP contribution in [0.4, 0.5) is 0 Å². The Labute approximate surface area is 180 Å². The van der Waals surface area contributed by atoms with E-state index >= 15 is 0 Å². The van der Waals surface area contributed by atoms with E-state index in [-0.39, 0.29) is 0 Å². The highest BCUT2D eigenvalue weighted by molar-refractivity contribution is 5.99. The van der Waals surface area contributed by atoms with Crippen LogP contribution in [0.15, 0.2) is 49.0 Å². The molecular formula is C29H31N. The van der Waals surface area contributed by atoms with Gasteiger partial charge in [0.1, 0.15) is 0 Å². The number of rotatable bonds is 4. The first kappa shape index (κ1) is 19.3. The highest BCUT2D eigenvalue weighted by atomic mass is 14.7. The molecule has 0 radical (unpaired) electrons. The number of aromatic nitrogens is 1. The lowest BCUT2D eigenvalue weighted by Crippen LogP contribution is -2.10. The topological polar surface area (TPSA) is 12.9 Å². The van der Waals surface area contributed by atoms with Gasteiger partial charge in [0.2, 0.25) is 0 Å². The van der Waals surface area contributed by atoms with Gasteiger partial charge in [0.15, 0.2) is 0 Å². The molecule has 0 bridgehead atoms.